The van der Waals surface area contributed by atoms with E-state index in [2.05, 4.69) is 10.3 Å². The molecular weight excluding hydrogens is 336 g/mol. The van der Waals surface area contributed by atoms with Gasteiger partial charge in [-0.3, -0.25) is 10.1 Å². The molecule has 122 valence electrons. The van der Waals surface area contributed by atoms with E-state index in [1.807, 2.05) is 36.4 Å². The number of carbonyl (C=O) groups is 1. The van der Waals surface area contributed by atoms with E-state index < -0.39 is 11.5 Å². The fourth-order valence-corrected chi connectivity index (χ4v) is 3.27. The van der Waals surface area contributed by atoms with Gasteiger partial charge in [-0.2, -0.15) is 0 Å². The molecule has 0 atom stereocenters. The maximum atomic E-state index is 12.4. The van der Waals surface area contributed by atoms with E-state index in [1.165, 1.54) is 17.4 Å². The minimum atomic E-state index is -0.670. The Morgan fingerprint density at radius 1 is 1.04 bits per heavy atom. The van der Waals surface area contributed by atoms with E-state index in [9.17, 15) is 9.59 Å². The first-order chi connectivity index (χ1) is 12.2. The lowest BCUT2D eigenvalue weighted by atomic mass is 10.2. The number of nitrogens with one attached hydrogen (secondary N) is 1. The topological polar surface area (TPSA) is 72.2 Å². The van der Waals surface area contributed by atoms with Gasteiger partial charge in [0.25, 0.3) is 5.91 Å². The molecule has 0 aliphatic rings. The van der Waals surface area contributed by atoms with Crippen LogP contribution in [-0.4, -0.2) is 10.9 Å². The minimum absolute atomic E-state index is 0.0461. The van der Waals surface area contributed by atoms with Crippen LogP contribution in [0.4, 0.5) is 5.13 Å². The van der Waals surface area contributed by atoms with Crippen molar-refractivity contribution >= 4 is 33.3 Å². The van der Waals surface area contributed by atoms with Gasteiger partial charge in [-0.1, -0.05) is 59.9 Å². The summed E-state index contributed by atoms with van der Waals surface area (Å²) in [6, 6.07) is 18.3. The average Bonchev–Trinajstić information content (AvgIpc) is 3.10. The van der Waals surface area contributed by atoms with E-state index in [4.69, 9.17) is 4.42 Å². The molecular formula is C19H12N2O3S. The second kappa shape index (κ2) is 6.33. The Labute approximate surface area is 146 Å². The highest BCUT2D eigenvalue weighted by atomic mass is 32.1. The molecule has 0 bridgehead atoms. The SMILES string of the molecule is O=C(Nc1ncc(-c2ccccc2)s1)c1cc2ccccc2oc1=O. The van der Waals surface area contributed by atoms with E-state index >= 15 is 0 Å². The number of hydrogen-bond donors (Lipinski definition) is 1. The van der Waals surface area contributed by atoms with Crippen LogP contribution in [-0.2, 0) is 0 Å². The van der Waals surface area contributed by atoms with E-state index in [0.29, 0.717) is 16.1 Å². The molecule has 0 fully saturated rings. The van der Waals surface area contributed by atoms with Crippen LogP contribution in [0, 0.1) is 0 Å². The molecule has 4 aromatic rings. The molecule has 0 radical (unpaired) electrons. The van der Waals surface area contributed by atoms with Gasteiger partial charge >= 0.3 is 5.63 Å². The van der Waals surface area contributed by atoms with Crippen LogP contribution in [0.2, 0.25) is 0 Å². The highest BCUT2D eigenvalue weighted by Crippen LogP contribution is 2.28. The number of benzene rings is 2. The number of hydrogen-bond acceptors (Lipinski definition) is 5. The Balaban J connectivity index is 1.61. The quantitative estimate of drug-likeness (QED) is 0.564. The summed E-state index contributed by atoms with van der Waals surface area (Å²) in [5, 5.41) is 3.78. The van der Waals surface area contributed by atoms with E-state index in [0.717, 1.165) is 10.4 Å². The first kappa shape index (κ1) is 15.3. The van der Waals surface area contributed by atoms with Gasteiger partial charge < -0.3 is 4.42 Å². The Morgan fingerprint density at radius 3 is 2.64 bits per heavy atom. The second-order valence-electron chi connectivity index (χ2n) is 5.34. The second-order valence-corrected chi connectivity index (χ2v) is 6.37. The number of thiazole rings is 1. The zero-order valence-corrected chi connectivity index (χ0v) is 13.7. The normalized spacial score (nSPS) is 10.7. The molecule has 1 N–H and O–H groups in total. The number of anilines is 1. The molecule has 6 heteroatoms. The number of fused-ring (bicyclic) bond motifs is 1. The fraction of sp³-hybridized carbons (Fsp3) is 0. The average molecular weight is 348 g/mol. The van der Waals surface area contributed by atoms with Gasteiger partial charge in [-0.25, -0.2) is 9.78 Å². The van der Waals surface area contributed by atoms with Crippen LogP contribution in [0.25, 0.3) is 21.4 Å². The van der Waals surface area contributed by atoms with E-state index in [1.54, 1.807) is 24.4 Å². The molecule has 25 heavy (non-hydrogen) atoms. The number of carbonyl (C=O) groups excluding carboxylic acids is 1. The van der Waals surface area contributed by atoms with Crippen molar-refractivity contribution in [2.75, 3.05) is 5.32 Å². The Kier molecular flexibility index (Phi) is 3.87. The van der Waals surface area contributed by atoms with Crippen molar-refractivity contribution < 1.29 is 9.21 Å². The monoisotopic (exact) mass is 348 g/mol. The molecule has 2 aromatic carbocycles. The van der Waals surface area contributed by atoms with Crippen molar-refractivity contribution in [3.05, 3.63) is 82.8 Å². The van der Waals surface area contributed by atoms with Crippen molar-refractivity contribution in [3.8, 4) is 10.4 Å². The van der Waals surface area contributed by atoms with Gasteiger partial charge in [0, 0.05) is 11.6 Å². The van der Waals surface area contributed by atoms with Crippen molar-refractivity contribution in [3.63, 3.8) is 0 Å². The summed E-state index contributed by atoms with van der Waals surface area (Å²) in [4.78, 5) is 29.6. The van der Waals surface area contributed by atoms with Gasteiger partial charge in [-0.05, 0) is 17.7 Å². The molecule has 0 saturated heterocycles. The predicted molar refractivity (Wildman–Crippen MR) is 98.0 cm³/mol. The minimum Gasteiger partial charge on any atom is -0.422 e. The molecule has 2 aromatic heterocycles. The molecule has 0 aliphatic heterocycles. The summed E-state index contributed by atoms with van der Waals surface area (Å²) < 4.78 is 5.19. The molecule has 0 aliphatic carbocycles. The van der Waals surface area contributed by atoms with Gasteiger partial charge in [0.05, 0.1) is 4.88 Å². The molecule has 0 spiro atoms. The third kappa shape index (κ3) is 3.07. The summed E-state index contributed by atoms with van der Waals surface area (Å²) in [5.41, 5.74) is 0.751. The maximum absolute atomic E-state index is 12.4. The van der Waals surface area contributed by atoms with Crippen molar-refractivity contribution in [2.24, 2.45) is 0 Å². The number of para-hydroxylation sites is 1. The summed E-state index contributed by atoms with van der Waals surface area (Å²) in [6.45, 7) is 0. The largest absolute Gasteiger partial charge is 0.422 e. The van der Waals surface area contributed by atoms with Crippen molar-refractivity contribution in [1.29, 1.82) is 0 Å². The van der Waals surface area contributed by atoms with Gasteiger partial charge in [0.2, 0.25) is 0 Å². The highest BCUT2D eigenvalue weighted by molar-refractivity contribution is 7.19. The molecule has 0 unspecified atom stereocenters. The van der Waals surface area contributed by atoms with Crippen LogP contribution >= 0.6 is 11.3 Å². The number of nitrogens with zero attached hydrogens (tertiary/aromatic N) is 1. The van der Waals surface area contributed by atoms with Gasteiger partial charge in [0.1, 0.15) is 11.1 Å². The predicted octanol–water partition coefficient (Wildman–Crippen LogP) is 4.17. The molecule has 0 saturated carbocycles. The van der Waals surface area contributed by atoms with Gasteiger partial charge in [-0.15, -0.1) is 0 Å². The third-order valence-corrected chi connectivity index (χ3v) is 4.63. The molecule has 2 heterocycles. The highest BCUT2D eigenvalue weighted by Gasteiger charge is 2.15. The van der Waals surface area contributed by atoms with Crippen LogP contribution in [0.5, 0.6) is 0 Å². The van der Waals surface area contributed by atoms with Crippen LogP contribution in [0.3, 0.4) is 0 Å². The maximum Gasteiger partial charge on any atom is 0.349 e. The van der Waals surface area contributed by atoms with E-state index in [-0.39, 0.29) is 5.56 Å². The van der Waals surface area contributed by atoms with Crippen molar-refractivity contribution in [2.45, 2.75) is 0 Å². The number of rotatable bonds is 3. The fourth-order valence-electron chi connectivity index (χ4n) is 2.45. The smallest absolute Gasteiger partial charge is 0.349 e. The lowest BCUT2D eigenvalue weighted by molar-refractivity contribution is 0.102. The molecule has 1 amide bonds. The zero-order chi connectivity index (χ0) is 17.2. The Morgan fingerprint density at radius 2 is 1.80 bits per heavy atom. The summed E-state index contributed by atoms with van der Waals surface area (Å²) in [6.07, 6.45) is 1.69. The van der Waals surface area contributed by atoms with Crippen LogP contribution < -0.4 is 10.9 Å². The zero-order valence-electron chi connectivity index (χ0n) is 12.9. The first-order valence-electron chi connectivity index (χ1n) is 7.56. The number of amides is 1. The van der Waals surface area contributed by atoms with Crippen molar-refractivity contribution in [1.82, 2.24) is 4.98 Å². The lowest BCUT2D eigenvalue weighted by Gasteiger charge is -2.02. The van der Waals surface area contributed by atoms with Gasteiger partial charge in [0.15, 0.2) is 5.13 Å². The van der Waals surface area contributed by atoms with Crippen LogP contribution in [0.15, 0.2) is 76.1 Å². The molecule has 5 nitrogen and oxygen atoms in total. The Hall–Kier alpha value is -3.25. The standard InChI is InChI=1S/C19H12N2O3S/c22-17(14-10-13-8-4-5-9-15(13)24-18(14)23)21-19-20-11-16(25-19)12-6-2-1-3-7-12/h1-11H,(H,20,21,22). The Bertz CT molecular complexity index is 1120. The van der Waals surface area contributed by atoms with Crippen LogP contribution in [0.1, 0.15) is 10.4 Å². The summed E-state index contributed by atoms with van der Waals surface area (Å²) in [5.74, 6) is -0.534. The first-order valence-corrected chi connectivity index (χ1v) is 8.38. The lowest BCUT2D eigenvalue weighted by Crippen LogP contribution is -2.20. The molecule has 4 rings (SSSR count). The summed E-state index contributed by atoms with van der Waals surface area (Å²) in [7, 11) is 0. The summed E-state index contributed by atoms with van der Waals surface area (Å²) >= 11 is 1.34. The third-order valence-electron chi connectivity index (χ3n) is 3.67. The number of aromatic nitrogens is 1.